The molecule has 122 valence electrons. The number of carbonyl (C=O) groups excluding carboxylic acids is 1. The van der Waals surface area contributed by atoms with Crippen LogP contribution in [-0.4, -0.2) is 26.2 Å². The van der Waals surface area contributed by atoms with E-state index in [0.29, 0.717) is 12.3 Å². The van der Waals surface area contributed by atoms with E-state index in [4.69, 9.17) is 9.47 Å². The first-order valence-electron chi connectivity index (χ1n) is 7.64. The lowest BCUT2D eigenvalue weighted by Crippen LogP contribution is -2.33. The lowest BCUT2D eigenvalue weighted by atomic mass is 10.0. The Bertz CT molecular complexity index is 655. The lowest BCUT2D eigenvalue weighted by Gasteiger charge is -2.18. The molecule has 23 heavy (non-hydrogen) atoms. The van der Waals surface area contributed by atoms with Crippen LogP contribution < -0.4 is 10.1 Å². The number of methoxy groups -OCH3 is 1. The molecule has 0 aliphatic heterocycles. The highest BCUT2D eigenvalue weighted by Crippen LogP contribution is 2.19. The molecule has 4 heteroatoms. The van der Waals surface area contributed by atoms with Crippen LogP contribution in [0.4, 0.5) is 0 Å². The Kier molecular flexibility index (Phi) is 6.18. The van der Waals surface area contributed by atoms with Crippen molar-refractivity contribution in [2.75, 3.05) is 20.3 Å². The third-order valence-corrected chi connectivity index (χ3v) is 3.66. The molecule has 0 spiro atoms. The molecule has 0 fully saturated rings. The number of benzene rings is 2. The monoisotopic (exact) mass is 313 g/mol. The van der Waals surface area contributed by atoms with Gasteiger partial charge >= 0.3 is 0 Å². The molecule has 0 saturated carbocycles. The zero-order chi connectivity index (χ0) is 16.7. The number of amides is 1. The summed E-state index contributed by atoms with van der Waals surface area (Å²) < 4.78 is 11.0. The SMILES string of the molecule is COC(CNC(=O)COc1cccc(C)c1)c1ccccc1C. The molecule has 1 atom stereocenters. The summed E-state index contributed by atoms with van der Waals surface area (Å²) in [4.78, 5) is 11.9. The maximum atomic E-state index is 11.9. The Morgan fingerprint density at radius 2 is 1.91 bits per heavy atom. The molecule has 2 rings (SSSR count). The highest BCUT2D eigenvalue weighted by atomic mass is 16.5. The Balaban J connectivity index is 1.84. The molecule has 0 aliphatic carbocycles. The number of hydrogen-bond donors (Lipinski definition) is 1. The first-order valence-corrected chi connectivity index (χ1v) is 7.64. The summed E-state index contributed by atoms with van der Waals surface area (Å²) in [5.74, 6) is 0.532. The van der Waals surface area contributed by atoms with Crippen LogP contribution in [0.25, 0.3) is 0 Å². The second-order valence-electron chi connectivity index (χ2n) is 5.49. The van der Waals surface area contributed by atoms with Crippen molar-refractivity contribution in [3.8, 4) is 5.75 Å². The van der Waals surface area contributed by atoms with E-state index in [1.165, 1.54) is 0 Å². The fourth-order valence-electron chi connectivity index (χ4n) is 2.38. The smallest absolute Gasteiger partial charge is 0.258 e. The van der Waals surface area contributed by atoms with Gasteiger partial charge in [-0.25, -0.2) is 0 Å². The van der Waals surface area contributed by atoms with Gasteiger partial charge in [0, 0.05) is 13.7 Å². The minimum absolute atomic E-state index is 0.00629. The molecule has 1 N–H and O–H groups in total. The molecule has 1 unspecified atom stereocenters. The van der Waals surface area contributed by atoms with E-state index in [1.54, 1.807) is 7.11 Å². The predicted molar refractivity (Wildman–Crippen MR) is 90.6 cm³/mol. The number of rotatable bonds is 7. The molecule has 2 aromatic rings. The van der Waals surface area contributed by atoms with Crippen molar-refractivity contribution in [2.24, 2.45) is 0 Å². The quantitative estimate of drug-likeness (QED) is 0.854. The van der Waals surface area contributed by atoms with Gasteiger partial charge in [0.1, 0.15) is 5.75 Å². The average Bonchev–Trinajstić information content (AvgIpc) is 2.55. The highest BCUT2D eigenvalue weighted by Gasteiger charge is 2.14. The molecule has 0 radical (unpaired) electrons. The van der Waals surface area contributed by atoms with Crippen LogP contribution in [0.1, 0.15) is 22.8 Å². The van der Waals surface area contributed by atoms with E-state index in [0.717, 1.165) is 16.7 Å². The van der Waals surface area contributed by atoms with E-state index in [2.05, 4.69) is 5.32 Å². The number of carbonyl (C=O) groups is 1. The summed E-state index contributed by atoms with van der Waals surface area (Å²) in [7, 11) is 1.65. The van der Waals surface area contributed by atoms with Crippen molar-refractivity contribution >= 4 is 5.91 Å². The van der Waals surface area contributed by atoms with E-state index in [9.17, 15) is 4.79 Å². The number of aryl methyl sites for hydroxylation is 2. The van der Waals surface area contributed by atoms with E-state index < -0.39 is 0 Å². The van der Waals surface area contributed by atoms with Gasteiger partial charge in [0.2, 0.25) is 0 Å². The van der Waals surface area contributed by atoms with Crippen LogP contribution in [-0.2, 0) is 9.53 Å². The molecule has 1 amide bonds. The summed E-state index contributed by atoms with van der Waals surface area (Å²) in [6, 6.07) is 15.6. The zero-order valence-corrected chi connectivity index (χ0v) is 13.8. The maximum absolute atomic E-state index is 11.9. The molecule has 0 bridgehead atoms. The summed E-state index contributed by atoms with van der Waals surface area (Å²) in [6.45, 7) is 4.42. The largest absolute Gasteiger partial charge is 0.484 e. The molecule has 4 nitrogen and oxygen atoms in total. The first kappa shape index (κ1) is 17.0. The molecule has 0 aliphatic rings. The van der Waals surface area contributed by atoms with E-state index >= 15 is 0 Å². The van der Waals surface area contributed by atoms with Gasteiger partial charge in [0.25, 0.3) is 5.91 Å². The Morgan fingerprint density at radius 3 is 2.61 bits per heavy atom. The Morgan fingerprint density at radius 1 is 1.13 bits per heavy atom. The fourth-order valence-corrected chi connectivity index (χ4v) is 2.38. The van der Waals surface area contributed by atoms with Crippen LogP contribution in [0, 0.1) is 13.8 Å². The first-order chi connectivity index (χ1) is 11.1. The minimum Gasteiger partial charge on any atom is -0.484 e. The van der Waals surface area contributed by atoms with E-state index in [1.807, 2.05) is 62.4 Å². The average molecular weight is 313 g/mol. The van der Waals surface area contributed by atoms with Crippen molar-refractivity contribution in [3.05, 3.63) is 65.2 Å². The van der Waals surface area contributed by atoms with Crippen molar-refractivity contribution in [3.63, 3.8) is 0 Å². The van der Waals surface area contributed by atoms with Crippen LogP contribution in [0.3, 0.4) is 0 Å². The predicted octanol–water partition coefficient (Wildman–Crippen LogP) is 3.19. The number of hydrogen-bond acceptors (Lipinski definition) is 3. The Labute approximate surface area is 137 Å². The van der Waals surface area contributed by atoms with E-state index in [-0.39, 0.29) is 18.6 Å². The van der Waals surface area contributed by atoms with Crippen molar-refractivity contribution < 1.29 is 14.3 Å². The zero-order valence-electron chi connectivity index (χ0n) is 13.8. The molecular weight excluding hydrogens is 290 g/mol. The molecular formula is C19H23NO3. The van der Waals surface area contributed by atoms with Crippen LogP contribution in [0.15, 0.2) is 48.5 Å². The van der Waals surface area contributed by atoms with Gasteiger partial charge in [0.15, 0.2) is 6.61 Å². The summed E-state index contributed by atoms with van der Waals surface area (Å²) in [6.07, 6.45) is -0.167. The van der Waals surface area contributed by atoms with Gasteiger partial charge in [0.05, 0.1) is 6.10 Å². The molecule has 0 saturated heterocycles. The topological polar surface area (TPSA) is 47.6 Å². The van der Waals surface area contributed by atoms with Gasteiger partial charge in [-0.2, -0.15) is 0 Å². The highest BCUT2D eigenvalue weighted by molar-refractivity contribution is 5.77. The van der Waals surface area contributed by atoms with Crippen LogP contribution >= 0.6 is 0 Å². The number of nitrogens with one attached hydrogen (secondary N) is 1. The van der Waals surface area contributed by atoms with Crippen molar-refractivity contribution in [1.29, 1.82) is 0 Å². The third-order valence-electron chi connectivity index (χ3n) is 3.66. The van der Waals surface area contributed by atoms with Gasteiger partial charge in [-0.1, -0.05) is 36.4 Å². The summed E-state index contributed by atoms with van der Waals surface area (Å²) in [5.41, 5.74) is 3.32. The third kappa shape index (κ3) is 5.11. The second kappa shape index (κ2) is 8.34. The minimum atomic E-state index is -0.167. The van der Waals surface area contributed by atoms with Crippen molar-refractivity contribution in [2.45, 2.75) is 20.0 Å². The molecule has 2 aromatic carbocycles. The number of ether oxygens (including phenoxy) is 2. The maximum Gasteiger partial charge on any atom is 0.258 e. The molecule has 0 heterocycles. The molecule has 0 aromatic heterocycles. The Hall–Kier alpha value is -2.33. The standard InChI is InChI=1S/C19H23NO3/c1-14-7-6-9-16(11-14)23-13-19(21)20-12-18(22-3)17-10-5-4-8-15(17)2/h4-11,18H,12-13H2,1-3H3,(H,20,21). The summed E-state index contributed by atoms with van der Waals surface area (Å²) >= 11 is 0. The van der Waals surface area contributed by atoms with Gasteiger partial charge in [-0.15, -0.1) is 0 Å². The summed E-state index contributed by atoms with van der Waals surface area (Å²) in [5, 5.41) is 2.86. The van der Waals surface area contributed by atoms with Gasteiger partial charge < -0.3 is 14.8 Å². The normalized spacial score (nSPS) is 11.8. The van der Waals surface area contributed by atoms with Crippen LogP contribution in [0.5, 0.6) is 5.75 Å². The van der Waals surface area contributed by atoms with Gasteiger partial charge in [-0.05, 0) is 42.7 Å². The fraction of sp³-hybridized carbons (Fsp3) is 0.316. The van der Waals surface area contributed by atoms with Crippen molar-refractivity contribution in [1.82, 2.24) is 5.32 Å². The lowest BCUT2D eigenvalue weighted by molar-refractivity contribution is -0.123. The van der Waals surface area contributed by atoms with Crippen LogP contribution in [0.2, 0.25) is 0 Å². The van der Waals surface area contributed by atoms with Gasteiger partial charge in [-0.3, -0.25) is 4.79 Å². The second-order valence-corrected chi connectivity index (χ2v) is 5.49.